The molecule has 1 aliphatic carbocycles. The summed E-state index contributed by atoms with van der Waals surface area (Å²) in [7, 11) is 0. The minimum absolute atomic E-state index is 0.192. The van der Waals surface area contributed by atoms with Gasteiger partial charge in [0, 0.05) is 25.4 Å². The lowest BCUT2D eigenvalue weighted by atomic mass is 9.70. The Bertz CT molecular complexity index is 529. The Kier molecular flexibility index (Phi) is 4.46. The van der Waals surface area contributed by atoms with Crippen LogP contribution in [0.25, 0.3) is 0 Å². The average molecular weight is 300 g/mol. The summed E-state index contributed by atoms with van der Waals surface area (Å²) in [6, 6.07) is 10.5. The Morgan fingerprint density at radius 1 is 1.09 bits per heavy atom. The number of carbonyl (C=O) groups is 2. The molecular weight excluding hydrogens is 276 g/mol. The first kappa shape index (κ1) is 15.1. The molecule has 0 atom stereocenters. The first-order valence-corrected chi connectivity index (χ1v) is 8.25. The fourth-order valence-electron chi connectivity index (χ4n) is 3.72. The number of piperidine rings is 1. The van der Waals surface area contributed by atoms with Gasteiger partial charge in [-0.3, -0.25) is 9.59 Å². The monoisotopic (exact) mass is 300 g/mol. The number of rotatable bonds is 4. The van der Waals surface area contributed by atoms with E-state index < -0.39 is 0 Å². The van der Waals surface area contributed by atoms with Gasteiger partial charge in [0.1, 0.15) is 0 Å². The molecule has 0 radical (unpaired) electrons. The molecule has 118 valence electrons. The molecule has 0 unspecified atom stereocenters. The molecule has 0 spiro atoms. The van der Waals surface area contributed by atoms with E-state index in [4.69, 9.17) is 5.73 Å². The van der Waals surface area contributed by atoms with E-state index in [0.717, 1.165) is 38.8 Å². The lowest BCUT2D eigenvalue weighted by Crippen LogP contribution is -2.45. The van der Waals surface area contributed by atoms with E-state index in [2.05, 4.69) is 24.3 Å². The molecule has 1 saturated heterocycles. The van der Waals surface area contributed by atoms with E-state index in [1.807, 2.05) is 11.0 Å². The van der Waals surface area contributed by atoms with Crippen LogP contribution in [-0.2, 0) is 9.59 Å². The van der Waals surface area contributed by atoms with Gasteiger partial charge < -0.3 is 10.6 Å². The van der Waals surface area contributed by atoms with Crippen LogP contribution in [0, 0.1) is 11.8 Å². The molecule has 22 heavy (non-hydrogen) atoms. The van der Waals surface area contributed by atoms with Crippen molar-refractivity contribution in [2.75, 3.05) is 13.1 Å². The first-order valence-electron chi connectivity index (χ1n) is 8.25. The Morgan fingerprint density at radius 3 is 2.32 bits per heavy atom. The molecule has 1 heterocycles. The summed E-state index contributed by atoms with van der Waals surface area (Å²) < 4.78 is 0. The Labute approximate surface area is 131 Å². The van der Waals surface area contributed by atoms with Gasteiger partial charge in [-0.2, -0.15) is 0 Å². The zero-order valence-electron chi connectivity index (χ0n) is 12.9. The van der Waals surface area contributed by atoms with Crippen LogP contribution in [0.3, 0.4) is 0 Å². The first-order chi connectivity index (χ1) is 10.6. The van der Waals surface area contributed by atoms with Gasteiger partial charge in [0.25, 0.3) is 0 Å². The van der Waals surface area contributed by atoms with E-state index in [-0.39, 0.29) is 11.8 Å². The van der Waals surface area contributed by atoms with Crippen LogP contribution in [0.5, 0.6) is 0 Å². The van der Waals surface area contributed by atoms with Gasteiger partial charge in [0.2, 0.25) is 11.8 Å². The van der Waals surface area contributed by atoms with E-state index in [1.165, 1.54) is 5.56 Å². The van der Waals surface area contributed by atoms with Gasteiger partial charge in [-0.05, 0) is 43.1 Å². The molecule has 2 amide bonds. The molecule has 2 N–H and O–H groups in total. The van der Waals surface area contributed by atoms with Crippen LogP contribution in [0.4, 0.5) is 0 Å². The number of likely N-dealkylation sites (tertiary alicyclic amines) is 1. The van der Waals surface area contributed by atoms with Crippen LogP contribution in [0.1, 0.15) is 43.6 Å². The predicted octanol–water partition coefficient (Wildman–Crippen LogP) is 2.29. The van der Waals surface area contributed by atoms with Crippen molar-refractivity contribution >= 4 is 11.8 Å². The summed E-state index contributed by atoms with van der Waals surface area (Å²) in [5, 5.41) is 0. The fourth-order valence-corrected chi connectivity index (χ4v) is 3.72. The van der Waals surface area contributed by atoms with Crippen molar-refractivity contribution in [1.29, 1.82) is 0 Å². The van der Waals surface area contributed by atoms with E-state index >= 15 is 0 Å². The van der Waals surface area contributed by atoms with Crippen LogP contribution in [0.15, 0.2) is 30.3 Å². The molecule has 0 aromatic heterocycles. The van der Waals surface area contributed by atoms with Gasteiger partial charge in [0.15, 0.2) is 0 Å². The number of amides is 2. The van der Waals surface area contributed by atoms with E-state index in [9.17, 15) is 9.59 Å². The highest BCUT2D eigenvalue weighted by atomic mass is 16.2. The van der Waals surface area contributed by atoms with Crippen molar-refractivity contribution in [2.24, 2.45) is 17.6 Å². The molecule has 1 saturated carbocycles. The van der Waals surface area contributed by atoms with Crippen LogP contribution >= 0.6 is 0 Å². The minimum Gasteiger partial charge on any atom is -0.370 e. The van der Waals surface area contributed by atoms with Gasteiger partial charge in [-0.25, -0.2) is 0 Å². The Balaban J connectivity index is 1.45. The molecule has 4 nitrogen and oxygen atoms in total. The number of benzene rings is 1. The van der Waals surface area contributed by atoms with Crippen molar-refractivity contribution in [3.8, 4) is 0 Å². The third-order valence-corrected chi connectivity index (χ3v) is 5.17. The smallest absolute Gasteiger partial charge is 0.225 e. The predicted molar refractivity (Wildman–Crippen MR) is 85.0 cm³/mol. The van der Waals surface area contributed by atoms with Gasteiger partial charge in [0.05, 0.1) is 0 Å². The van der Waals surface area contributed by atoms with Crippen molar-refractivity contribution in [3.63, 3.8) is 0 Å². The molecular formula is C18H24N2O2. The quantitative estimate of drug-likeness (QED) is 0.927. The molecule has 4 heteroatoms. The second kappa shape index (κ2) is 6.51. The minimum atomic E-state index is -0.227. The molecule has 3 rings (SSSR count). The second-order valence-corrected chi connectivity index (χ2v) is 6.72. The number of hydrogen-bond donors (Lipinski definition) is 1. The summed E-state index contributed by atoms with van der Waals surface area (Å²) >= 11 is 0. The van der Waals surface area contributed by atoms with Crippen molar-refractivity contribution in [3.05, 3.63) is 35.9 Å². The van der Waals surface area contributed by atoms with Crippen LogP contribution < -0.4 is 5.73 Å². The molecule has 1 aromatic rings. The van der Waals surface area contributed by atoms with Gasteiger partial charge in [-0.1, -0.05) is 30.3 Å². The SMILES string of the molecule is NC(=O)CC1CCN(C(=O)C2CC(c3ccccc3)C2)CC1. The zero-order valence-corrected chi connectivity index (χ0v) is 12.9. The lowest BCUT2D eigenvalue weighted by Gasteiger charge is -2.40. The standard InChI is InChI=1S/C18H24N2O2/c19-17(21)10-13-6-8-20(9-7-13)18(22)16-11-15(12-16)14-4-2-1-3-5-14/h1-5,13,15-16H,6-12H2,(H2,19,21). The molecule has 1 aromatic carbocycles. The maximum Gasteiger partial charge on any atom is 0.225 e. The highest BCUT2D eigenvalue weighted by molar-refractivity contribution is 5.80. The third-order valence-electron chi connectivity index (χ3n) is 5.17. The number of nitrogens with two attached hydrogens (primary N) is 1. The maximum absolute atomic E-state index is 12.5. The molecule has 1 aliphatic heterocycles. The van der Waals surface area contributed by atoms with Crippen molar-refractivity contribution in [1.82, 2.24) is 4.90 Å². The summed E-state index contributed by atoms with van der Waals surface area (Å²) in [6.07, 6.45) is 4.22. The molecule has 2 aliphatic rings. The Morgan fingerprint density at radius 2 is 1.73 bits per heavy atom. The maximum atomic E-state index is 12.5. The van der Waals surface area contributed by atoms with E-state index in [0.29, 0.717) is 24.2 Å². The number of hydrogen-bond acceptors (Lipinski definition) is 2. The highest BCUT2D eigenvalue weighted by Crippen LogP contribution is 2.42. The molecule has 2 fully saturated rings. The van der Waals surface area contributed by atoms with Crippen molar-refractivity contribution in [2.45, 2.75) is 38.0 Å². The number of carbonyl (C=O) groups excluding carboxylic acids is 2. The topological polar surface area (TPSA) is 63.4 Å². The van der Waals surface area contributed by atoms with Gasteiger partial charge in [-0.15, -0.1) is 0 Å². The van der Waals surface area contributed by atoms with Crippen LogP contribution in [0.2, 0.25) is 0 Å². The lowest BCUT2D eigenvalue weighted by molar-refractivity contribution is -0.140. The number of nitrogens with zero attached hydrogens (tertiary/aromatic N) is 1. The second-order valence-electron chi connectivity index (χ2n) is 6.72. The largest absolute Gasteiger partial charge is 0.370 e. The summed E-state index contributed by atoms with van der Waals surface area (Å²) in [5.74, 6) is 1.18. The summed E-state index contributed by atoms with van der Waals surface area (Å²) in [5.41, 5.74) is 6.60. The van der Waals surface area contributed by atoms with E-state index in [1.54, 1.807) is 0 Å². The summed E-state index contributed by atoms with van der Waals surface area (Å²) in [6.45, 7) is 1.56. The third kappa shape index (κ3) is 3.32. The normalized spacial score (nSPS) is 25.5. The highest BCUT2D eigenvalue weighted by Gasteiger charge is 2.38. The Hall–Kier alpha value is -1.84. The average Bonchev–Trinajstić information content (AvgIpc) is 2.47. The fraction of sp³-hybridized carbons (Fsp3) is 0.556. The zero-order chi connectivity index (χ0) is 15.5. The number of primary amides is 1. The van der Waals surface area contributed by atoms with Crippen LogP contribution in [-0.4, -0.2) is 29.8 Å². The molecule has 0 bridgehead atoms. The summed E-state index contributed by atoms with van der Waals surface area (Å²) in [4.78, 5) is 25.5. The van der Waals surface area contributed by atoms with Crippen molar-refractivity contribution < 1.29 is 9.59 Å². The van der Waals surface area contributed by atoms with Gasteiger partial charge >= 0.3 is 0 Å².